The highest BCUT2D eigenvalue weighted by atomic mass is 16.5. The first-order chi connectivity index (χ1) is 9.28. The summed E-state index contributed by atoms with van der Waals surface area (Å²) in [7, 11) is 3.32. The number of hydrogen-bond donors (Lipinski definition) is 1. The number of nitrogens with one attached hydrogen (secondary N) is 1. The van der Waals surface area contributed by atoms with Gasteiger partial charge in [0.1, 0.15) is 0 Å². The van der Waals surface area contributed by atoms with Crippen LogP contribution in [-0.4, -0.2) is 34.0 Å². The van der Waals surface area contributed by atoms with E-state index >= 15 is 0 Å². The second-order valence-corrected chi connectivity index (χ2v) is 4.25. The quantitative estimate of drug-likeness (QED) is 0.747. The fourth-order valence-corrected chi connectivity index (χ4v) is 2.00. The van der Waals surface area contributed by atoms with Crippen LogP contribution < -0.4 is 14.8 Å². The van der Waals surface area contributed by atoms with Crippen LogP contribution in [0, 0.1) is 0 Å². The Morgan fingerprint density at radius 1 is 1.16 bits per heavy atom. The number of rotatable bonds is 9. The molecule has 1 unspecified atom stereocenters. The molecule has 1 atom stereocenters. The van der Waals surface area contributed by atoms with Crippen LogP contribution in [0.2, 0.25) is 0 Å². The molecule has 0 bridgehead atoms. The fourth-order valence-electron chi connectivity index (χ4n) is 2.00. The van der Waals surface area contributed by atoms with Gasteiger partial charge in [-0.05, 0) is 26.0 Å². The molecule has 4 heteroatoms. The van der Waals surface area contributed by atoms with Crippen LogP contribution in [0.3, 0.4) is 0 Å². The van der Waals surface area contributed by atoms with E-state index in [4.69, 9.17) is 14.2 Å². The Morgan fingerprint density at radius 2 is 1.95 bits per heavy atom. The van der Waals surface area contributed by atoms with Gasteiger partial charge < -0.3 is 19.5 Å². The Morgan fingerprint density at radius 3 is 2.53 bits per heavy atom. The first-order valence-corrected chi connectivity index (χ1v) is 6.80. The molecule has 1 N–H and O–H groups in total. The summed E-state index contributed by atoms with van der Waals surface area (Å²) in [5, 5.41) is 3.49. The van der Waals surface area contributed by atoms with Gasteiger partial charge in [-0.15, -0.1) is 0 Å². The zero-order chi connectivity index (χ0) is 14.1. The molecule has 19 heavy (non-hydrogen) atoms. The maximum atomic E-state index is 5.56. The van der Waals surface area contributed by atoms with Gasteiger partial charge in [-0.1, -0.05) is 19.1 Å². The molecule has 1 aromatic carbocycles. The standard InChI is InChI=1S/C15H25NO3/c1-5-10-16-13(11-19-6-2)12-8-7-9-14(17-3)15(12)18-4/h7-9,13,16H,5-6,10-11H2,1-4H3. The van der Waals surface area contributed by atoms with Crippen molar-refractivity contribution in [1.82, 2.24) is 5.32 Å². The van der Waals surface area contributed by atoms with E-state index in [2.05, 4.69) is 12.2 Å². The van der Waals surface area contributed by atoms with Crippen molar-refractivity contribution in [2.75, 3.05) is 34.0 Å². The molecule has 0 saturated heterocycles. The smallest absolute Gasteiger partial charge is 0.165 e. The van der Waals surface area contributed by atoms with Gasteiger partial charge >= 0.3 is 0 Å². The summed E-state index contributed by atoms with van der Waals surface area (Å²) in [5.74, 6) is 1.53. The van der Waals surface area contributed by atoms with Crippen molar-refractivity contribution in [1.29, 1.82) is 0 Å². The van der Waals surface area contributed by atoms with Crippen molar-refractivity contribution in [3.63, 3.8) is 0 Å². The Balaban J connectivity index is 2.98. The summed E-state index contributed by atoms with van der Waals surface area (Å²) >= 11 is 0. The average Bonchev–Trinajstić information content (AvgIpc) is 2.46. The first kappa shape index (κ1) is 15.8. The topological polar surface area (TPSA) is 39.7 Å². The summed E-state index contributed by atoms with van der Waals surface area (Å²) in [4.78, 5) is 0. The third kappa shape index (κ3) is 4.40. The number of hydrogen-bond acceptors (Lipinski definition) is 4. The molecule has 1 aromatic rings. The van der Waals surface area contributed by atoms with E-state index in [0.717, 1.165) is 30.0 Å². The number of methoxy groups -OCH3 is 2. The first-order valence-electron chi connectivity index (χ1n) is 6.80. The van der Waals surface area contributed by atoms with Crippen molar-refractivity contribution in [2.24, 2.45) is 0 Å². The molecule has 0 heterocycles. The molecular formula is C15H25NO3. The van der Waals surface area contributed by atoms with Gasteiger partial charge in [-0.25, -0.2) is 0 Å². The van der Waals surface area contributed by atoms with Crippen LogP contribution in [0.1, 0.15) is 31.9 Å². The van der Waals surface area contributed by atoms with Crippen LogP contribution in [0.15, 0.2) is 18.2 Å². The highest BCUT2D eigenvalue weighted by Crippen LogP contribution is 2.34. The number of benzene rings is 1. The molecule has 0 amide bonds. The van der Waals surface area contributed by atoms with Crippen LogP contribution in [0.25, 0.3) is 0 Å². The van der Waals surface area contributed by atoms with E-state index in [1.54, 1.807) is 14.2 Å². The van der Waals surface area contributed by atoms with Gasteiger partial charge in [0.05, 0.1) is 26.9 Å². The van der Waals surface area contributed by atoms with Crippen LogP contribution in [0.4, 0.5) is 0 Å². The lowest BCUT2D eigenvalue weighted by atomic mass is 10.1. The molecule has 0 aliphatic rings. The second-order valence-electron chi connectivity index (χ2n) is 4.25. The second kappa shape index (κ2) is 8.77. The largest absolute Gasteiger partial charge is 0.493 e. The van der Waals surface area contributed by atoms with Gasteiger partial charge in [-0.3, -0.25) is 0 Å². The predicted molar refractivity (Wildman–Crippen MR) is 77.1 cm³/mol. The van der Waals surface area contributed by atoms with E-state index in [1.807, 2.05) is 25.1 Å². The molecule has 0 saturated carbocycles. The summed E-state index contributed by atoms with van der Waals surface area (Å²) in [6, 6.07) is 6.04. The average molecular weight is 267 g/mol. The molecule has 0 aliphatic carbocycles. The SMILES string of the molecule is CCCNC(COCC)c1cccc(OC)c1OC. The molecule has 0 fully saturated rings. The zero-order valence-electron chi connectivity index (χ0n) is 12.4. The molecule has 0 spiro atoms. The van der Waals surface area contributed by atoms with Crippen molar-refractivity contribution < 1.29 is 14.2 Å². The third-order valence-electron chi connectivity index (χ3n) is 2.94. The summed E-state index contributed by atoms with van der Waals surface area (Å²) in [6.45, 7) is 6.42. The van der Waals surface area contributed by atoms with Crippen molar-refractivity contribution in [3.05, 3.63) is 23.8 Å². The molecule has 0 radical (unpaired) electrons. The Labute approximate surface area is 116 Å². The molecule has 0 aromatic heterocycles. The van der Waals surface area contributed by atoms with Gasteiger partial charge in [0.15, 0.2) is 11.5 Å². The normalized spacial score (nSPS) is 12.2. The van der Waals surface area contributed by atoms with Gasteiger partial charge in [0.2, 0.25) is 0 Å². The van der Waals surface area contributed by atoms with E-state index in [9.17, 15) is 0 Å². The third-order valence-corrected chi connectivity index (χ3v) is 2.94. The van der Waals surface area contributed by atoms with E-state index in [1.165, 1.54) is 0 Å². The fraction of sp³-hybridized carbons (Fsp3) is 0.600. The lowest BCUT2D eigenvalue weighted by Gasteiger charge is -2.22. The summed E-state index contributed by atoms with van der Waals surface area (Å²) in [5.41, 5.74) is 1.07. The zero-order valence-corrected chi connectivity index (χ0v) is 12.4. The van der Waals surface area contributed by atoms with E-state index in [-0.39, 0.29) is 6.04 Å². The van der Waals surface area contributed by atoms with Gasteiger partial charge in [0, 0.05) is 12.2 Å². The number of ether oxygens (including phenoxy) is 3. The van der Waals surface area contributed by atoms with Crippen molar-refractivity contribution in [3.8, 4) is 11.5 Å². The lowest BCUT2D eigenvalue weighted by molar-refractivity contribution is 0.122. The highest BCUT2D eigenvalue weighted by molar-refractivity contribution is 5.48. The minimum atomic E-state index is 0.116. The molecule has 1 rings (SSSR count). The van der Waals surface area contributed by atoms with Crippen LogP contribution in [0.5, 0.6) is 11.5 Å². The monoisotopic (exact) mass is 267 g/mol. The maximum Gasteiger partial charge on any atom is 0.165 e. The van der Waals surface area contributed by atoms with E-state index in [0.29, 0.717) is 13.2 Å². The van der Waals surface area contributed by atoms with Gasteiger partial charge in [0.25, 0.3) is 0 Å². The molecule has 0 aliphatic heterocycles. The Hall–Kier alpha value is -1.26. The Bertz CT molecular complexity index is 360. The molecule has 4 nitrogen and oxygen atoms in total. The summed E-state index contributed by atoms with van der Waals surface area (Å²) in [6.07, 6.45) is 1.08. The van der Waals surface area contributed by atoms with E-state index < -0.39 is 0 Å². The predicted octanol–water partition coefficient (Wildman–Crippen LogP) is 2.78. The lowest BCUT2D eigenvalue weighted by Crippen LogP contribution is -2.27. The Kier molecular flexibility index (Phi) is 7.30. The van der Waals surface area contributed by atoms with Crippen molar-refractivity contribution >= 4 is 0 Å². The van der Waals surface area contributed by atoms with Crippen molar-refractivity contribution in [2.45, 2.75) is 26.3 Å². The molecular weight excluding hydrogens is 242 g/mol. The summed E-state index contributed by atoms with van der Waals surface area (Å²) < 4.78 is 16.4. The minimum absolute atomic E-state index is 0.116. The van der Waals surface area contributed by atoms with Gasteiger partial charge in [-0.2, -0.15) is 0 Å². The molecule has 108 valence electrons. The van der Waals surface area contributed by atoms with Crippen LogP contribution in [-0.2, 0) is 4.74 Å². The maximum absolute atomic E-state index is 5.56. The van der Waals surface area contributed by atoms with Crippen LogP contribution >= 0.6 is 0 Å². The highest BCUT2D eigenvalue weighted by Gasteiger charge is 2.18. The number of para-hydroxylation sites is 1. The minimum Gasteiger partial charge on any atom is -0.493 e.